The molecule has 2 heterocycles. The molecule has 0 radical (unpaired) electrons. The van der Waals surface area contributed by atoms with E-state index in [-0.39, 0.29) is 11.8 Å². The standard InChI is InChI=1S/C6H4N2O2/c9-5-1-3-4(8-5)2-7-6(3)10/h1-2,8-9H. The van der Waals surface area contributed by atoms with E-state index in [4.69, 9.17) is 5.11 Å². The first-order chi connectivity index (χ1) is 4.77. The number of hydrogen-bond acceptors (Lipinski definition) is 2. The van der Waals surface area contributed by atoms with Crippen LogP contribution in [0.4, 0.5) is 0 Å². The van der Waals surface area contributed by atoms with Gasteiger partial charge in [0.2, 0.25) is 0 Å². The van der Waals surface area contributed by atoms with Crippen LogP contribution < -0.4 is 0 Å². The zero-order valence-electron chi connectivity index (χ0n) is 4.96. The molecule has 50 valence electrons. The Balaban J connectivity index is 2.68. The summed E-state index contributed by atoms with van der Waals surface area (Å²) in [6.45, 7) is 0. The summed E-state index contributed by atoms with van der Waals surface area (Å²) in [5.41, 5.74) is 1.03. The molecule has 4 heteroatoms. The number of hydrogen-bond donors (Lipinski definition) is 2. The van der Waals surface area contributed by atoms with Crippen molar-refractivity contribution >= 4 is 12.1 Å². The molecule has 1 aromatic rings. The third-order valence-corrected chi connectivity index (χ3v) is 1.38. The van der Waals surface area contributed by atoms with Crippen LogP contribution in [0.25, 0.3) is 0 Å². The van der Waals surface area contributed by atoms with E-state index < -0.39 is 0 Å². The molecule has 0 fully saturated rings. The van der Waals surface area contributed by atoms with E-state index in [2.05, 4.69) is 9.98 Å². The van der Waals surface area contributed by atoms with Crippen molar-refractivity contribution in [3.8, 4) is 5.88 Å². The van der Waals surface area contributed by atoms with E-state index in [1.54, 1.807) is 0 Å². The first-order valence-corrected chi connectivity index (χ1v) is 2.78. The third-order valence-electron chi connectivity index (χ3n) is 1.38. The molecule has 1 aliphatic rings. The Labute approximate surface area is 56.2 Å². The van der Waals surface area contributed by atoms with Gasteiger partial charge in [-0.1, -0.05) is 0 Å². The number of rotatable bonds is 0. The second kappa shape index (κ2) is 1.47. The summed E-state index contributed by atoms with van der Waals surface area (Å²) in [5, 5.41) is 8.85. The maximum absolute atomic E-state index is 10.7. The predicted molar refractivity (Wildman–Crippen MR) is 34.4 cm³/mol. The molecule has 0 aliphatic carbocycles. The molecule has 2 N–H and O–H groups in total. The highest BCUT2D eigenvalue weighted by atomic mass is 16.3. The van der Waals surface area contributed by atoms with Crippen LogP contribution in [0.1, 0.15) is 16.1 Å². The van der Waals surface area contributed by atoms with Crippen LogP contribution in [0.3, 0.4) is 0 Å². The molecule has 1 aromatic heterocycles. The molecule has 0 bridgehead atoms. The smallest absolute Gasteiger partial charge is 0.279 e. The van der Waals surface area contributed by atoms with Crippen LogP contribution in [0.5, 0.6) is 5.88 Å². The van der Waals surface area contributed by atoms with E-state index in [9.17, 15) is 4.79 Å². The number of aromatic amines is 1. The van der Waals surface area contributed by atoms with Gasteiger partial charge >= 0.3 is 0 Å². The lowest BCUT2D eigenvalue weighted by atomic mass is 10.3. The van der Waals surface area contributed by atoms with Gasteiger partial charge in [-0.25, -0.2) is 4.99 Å². The first kappa shape index (κ1) is 5.22. The third kappa shape index (κ3) is 0.500. The maximum atomic E-state index is 10.7. The molecule has 0 atom stereocenters. The normalized spacial score (nSPS) is 14.2. The second-order valence-corrected chi connectivity index (χ2v) is 2.05. The SMILES string of the molecule is O=C1N=Cc2[nH]c(O)cc21. The number of nitrogens with zero attached hydrogens (tertiary/aromatic N) is 1. The van der Waals surface area contributed by atoms with Crippen molar-refractivity contribution in [2.75, 3.05) is 0 Å². The molecule has 0 saturated carbocycles. The first-order valence-electron chi connectivity index (χ1n) is 2.78. The van der Waals surface area contributed by atoms with Crippen molar-refractivity contribution in [2.45, 2.75) is 0 Å². The Morgan fingerprint density at radius 3 is 3.10 bits per heavy atom. The van der Waals surface area contributed by atoms with E-state index >= 15 is 0 Å². The molecular formula is C6H4N2O2. The zero-order valence-corrected chi connectivity index (χ0v) is 4.96. The minimum absolute atomic E-state index is 0.00417. The minimum atomic E-state index is -0.299. The van der Waals surface area contributed by atoms with Gasteiger partial charge in [0.1, 0.15) is 0 Å². The van der Waals surface area contributed by atoms with Gasteiger partial charge < -0.3 is 10.1 Å². The monoisotopic (exact) mass is 136 g/mol. The quantitative estimate of drug-likeness (QED) is 0.538. The van der Waals surface area contributed by atoms with Crippen LogP contribution in [0.15, 0.2) is 11.1 Å². The number of aromatic nitrogens is 1. The van der Waals surface area contributed by atoms with Gasteiger partial charge in [-0.05, 0) is 0 Å². The number of carbonyl (C=O) groups excluding carboxylic acids is 1. The van der Waals surface area contributed by atoms with E-state index in [0.717, 1.165) is 0 Å². The topological polar surface area (TPSA) is 65.5 Å². The molecule has 1 aliphatic heterocycles. The minimum Gasteiger partial charge on any atom is -0.495 e. The van der Waals surface area contributed by atoms with Gasteiger partial charge in [0.15, 0.2) is 5.88 Å². The highest BCUT2D eigenvalue weighted by Crippen LogP contribution is 2.18. The van der Waals surface area contributed by atoms with Gasteiger partial charge in [-0.2, -0.15) is 0 Å². The highest BCUT2D eigenvalue weighted by molar-refractivity contribution is 6.12. The van der Waals surface area contributed by atoms with Crippen LogP contribution in [0, 0.1) is 0 Å². The highest BCUT2D eigenvalue weighted by Gasteiger charge is 2.17. The fourth-order valence-electron chi connectivity index (χ4n) is 0.927. The number of amides is 1. The van der Waals surface area contributed by atoms with Crippen molar-refractivity contribution < 1.29 is 9.90 Å². The molecule has 0 spiro atoms. The summed E-state index contributed by atoms with van der Waals surface area (Å²) < 4.78 is 0. The summed E-state index contributed by atoms with van der Waals surface area (Å²) in [4.78, 5) is 16.8. The van der Waals surface area contributed by atoms with E-state index in [1.807, 2.05) is 0 Å². The molecule has 0 unspecified atom stereocenters. The van der Waals surface area contributed by atoms with Gasteiger partial charge in [-0.15, -0.1) is 0 Å². The molecule has 0 aromatic carbocycles. The van der Waals surface area contributed by atoms with Crippen molar-refractivity contribution in [1.29, 1.82) is 0 Å². The van der Waals surface area contributed by atoms with E-state index in [0.29, 0.717) is 11.3 Å². The Morgan fingerprint density at radius 1 is 1.60 bits per heavy atom. The van der Waals surface area contributed by atoms with Gasteiger partial charge in [0.05, 0.1) is 17.5 Å². The van der Waals surface area contributed by atoms with Crippen LogP contribution in [0.2, 0.25) is 0 Å². The van der Waals surface area contributed by atoms with Crippen molar-refractivity contribution in [3.63, 3.8) is 0 Å². The Kier molecular flexibility index (Phi) is 0.768. The molecule has 0 saturated heterocycles. The number of aromatic hydroxyl groups is 1. The molecule has 2 rings (SSSR count). The molecule has 4 nitrogen and oxygen atoms in total. The van der Waals surface area contributed by atoms with Crippen molar-refractivity contribution in [3.05, 3.63) is 17.3 Å². The number of fused-ring (bicyclic) bond motifs is 1. The Hall–Kier alpha value is -1.58. The molecule has 1 amide bonds. The summed E-state index contributed by atoms with van der Waals surface area (Å²) in [7, 11) is 0. The summed E-state index contributed by atoms with van der Waals surface area (Å²) in [6.07, 6.45) is 1.40. The maximum Gasteiger partial charge on any atom is 0.279 e. The summed E-state index contributed by atoms with van der Waals surface area (Å²) in [6, 6.07) is 1.37. The fourth-order valence-corrected chi connectivity index (χ4v) is 0.927. The predicted octanol–water partition coefficient (Wildman–Crippen LogP) is 0.293. The average Bonchev–Trinajstić information content (AvgIpc) is 2.35. The van der Waals surface area contributed by atoms with Gasteiger partial charge in [0.25, 0.3) is 5.91 Å². The van der Waals surface area contributed by atoms with Crippen LogP contribution in [-0.2, 0) is 0 Å². The van der Waals surface area contributed by atoms with Crippen molar-refractivity contribution in [1.82, 2.24) is 4.98 Å². The van der Waals surface area contributed by atoms with Gasteiger partial charge in [-0.3, -0.25) is 4.79 Å². The largest absolute Gasteiger partial charge is 0.495 e. The number of carbonyl (C=O) groups is 1. The average molecular weight is 136 g/mol. The van der Waals surface area contributed by atoms with Crippen molar-refractivity contribution in [2.24, 2.45) is 4.99 Å². The van der Waals surface area contributed by atoms with Crippen LogP contribution in [-0.4, -0.2) is 22.2 Å². The molecular weight excluding hydrogens is 132 g/mol. The van der Waals surface area contributed by atoms with Crippen LogP contribution >= 0.6 is 0 Å². The lowest BCUT2D eigenvalue weighted by Gasteiger charge is -1.77. The number of nitrogens with one attached hydrogen (secondary N) is 1. The van der Waals surface area contributed by atoms with Gasteiger partial charge in [0, 0.05) is 6.07 Å². The number of aliphatic imine (C=N–C) groups is 1. The zero-order chi connectivity index (χ0) is 7.14. The Bertz CT molecular complexity index is 324. The molecule has 10 heavy (non-hydrogen) atoms. The lowest BCUT2D eigenvalue weighted by Crippen LogP contribution is -1.85. The summed E-state index contributed by atoms with van der Waals surface area (Å²) in [5.74, 6) is -0.295. The lowest BCUT2D eigenvalue weighted by molar-refractivity contribution is 0.101. The second-order valence-electron chi connectivity index (χ2n) is 2.05. The van der Waals surface area contributed by atoms with E-state index in [1.165, 1.54) is 12.3 Å². The number of H-pyrrole nitrogens is 1. The summed E-state index contributed by atoms with van der Waals surface area (Å²) >= 11 is 0. The Morgan fingerprint density at radius 2 is 2.40 bits per heavy atom. The fraction of sp³-hybridized carbons (Fsp3) is 0.